The van der Waals surface area contributed by atoms with E-state index >= 15 is 0 Å². The highest BCUT2D eigenvalue weighted by molar-refractivity contribution is 6.28. The summed E-state index contributed by atoms with van der Waals surface area (Å²) >= 11 is 0. The Labute approximate surface area is 119 Å². The van der Waals surface area contributed by atoms with Crippen molar-refractivity contribution in [2.45, 2.75) is 6.23 Å². The van der Waals surface area contributed by atoms with Gasteiger partial charge in [-0.15, -0.1) is 0 Å². The molecule has 21 heavy (non-hydrogen) atoms. The van der Waals surface area contributed by atoms with Crippen LogP contribution < -0.4 is 5.32 Å². The molecule has 6 heteroatoms. The highest BCUT2D eigenvalue weighted by Crippen LogP contribution is 2.39. The van der Waals surface area contributed by atoms with E-state index in [0.29, 0.717) is 33.0 Å². The molecule has 2 aliphatic rings. The average Bonchev–Trinajstić information content (AvgIpc) is 2.48. The first kappa shape index (κ1) is 12.0. The molecule has 2 N–H and O–H groups in total. The van der Waals surface area contributed by atoms with Gasteiger partial charge < -0.3 is 10.0 Å². The Morgan fingerprint density at radius 3 is 2.19 bits per heavy atom. The molecule has 2 aliphatic heterocycles. The summed E-state index contributed by atoms with van der Waals surface area (Å²) in [6, 6.07) is 6.29. The molecule has 0 radical (unpaired) electrons. The fraction of sp³-hybridized carbons (Fsp3) is 0.133. The highest BCUT2D eigenvalue weighted by Gasteiger charge is 2.35. The summed E-state index contributed by atoms with van der Waals surface area (Å²) in [5.41, 5.74) is 1.60. The van der Waals surface area contributed by atoms with Gasteiger partial charge in [-0.3, -0.25) is 19.7 Å². The van der Waals surface area contributed by atoms with E-state index in [1.807, 2.05) is 0 Å². The van der Waals surface area contributed by atoms with Gasteiger partial charge in [-0.05, 0) is 18.2 Å². The van der Waals surface area contributed by atoms with Crippen molar-refractivity contribution in [1.82, 2.24) is 10.2 Å². The van der Waals surface area contributed by atoms with Gasteiger partial charge in [-0.1, -0.05) is 6.07 Å². The second-order valence-electron chi connectivity index (χ2n) is 5.19. The molecule has 0 aliphatic carbocycles. The summed E-state index contributed by atoms with van der Waals surface area (Å²) in [6.45, 7) is 0. The first-order chi connectivity index (χ1) is 10.0. The number of benzene rings is 2. The maximum atomic E-state index is 12.3. The highest BCUT2D eigenvalue weighted by atomic mass is 16.3. The lowest BCUT2D eigenvalue weighted by atomic mass is 9.86. The summed E-state index contributed by atoms with van der Waals surface area (Å²) in [5.74, 6) is -1.31. The van der Waals surface area contributed by atoms with Gasteiger partial charge in [0.05, 0.1) is 0 Å². The zero-order valence-corrected chi connectivity index (χ0v) is 11.0. The minimum atomic E-state index is -1.09. The van der Waals surface area contributed by atoms with Crippen molar-refractivity contribution in [3.63, 3.8) is 0 Å². The van der Waals surface area contributed by atoms with Crippen LogP contribution >= 0.6 is 0 Å². The molecular formula is C15H10N2O4. The molecular weight excluding hydrogens is 272 g/mol. The number of aliphatic hydroxyl groups is 1. The predicted molar refractivity (Wildman–Crippen MR) is 72.8 cm³/mol. The standard InChI is InChI=1S/C15H10N2O4/c1-17-14(20)8-4-2-6-10-7(13(19)16-12(6)18)3-5-9(11(8)10)15(17)21/h2-5,14,20H,1H3,(H,16,18,19). The number of carbonyl (C=O) groups is 3. The molecule has 0 bridgehead atoms. The molecule has 2 aromatic carbocycles. The van der Waals surface area contributed by atoms with Crippen LogP contribution in [0.4, 0.5) is 0 Å². The van der Waals surface area contributed by atoms with Crippen molar-refractivity contribution in [3.8, 4) is 0 Å². The monoisotopic (exact) mass is 282 g/mol. The van der Waals surface area contributed by atoms with Gasteiger partial charge in [0.25, 0.3) is 17.7 Å². The summed E-state index contributed by atoms with van der Waals surface area (Å²) in [7, 11) is 1.51. The second kappa shape index (κ2) is 3.67. The SMILES string of the molecule is CN1C(=O)c2ccc3c4c(ccc(c24)C1O)C(=O)NC3=O. The molecule has 2 heterocycles. The second-order valence-corrected chi connectivity index (χ2v) is 5.19. The molecule has 4 rings (SSSR count). The van der Waals surface area contributed by atoms with Crippen molar-refractivity contribution < 1.29 is 19.5 Å². The number of hydrogen-bond acceptors (Lipinski definition) is 4. The molecule has 1 atom stereocenters. The fourth-order valence-electron chi connectivity index (χ4n) is 3.04. The third kappa shape index (κ3) is 1.32. The van der Waals surface area contributed by atoms with Gasteiger partial charge in [0.1, 0.15) is 0 Å². The molecule has 0 saturated carbocycles. The van der Waals surface area contributed by atoms with E-state index in [1.165, 1.54) is 18.0 Å². The number of carbonyl (C=O) groups excluding carboxylic acids is 3. The normalized spacial score (nSPS) is 20.0. The Bertz CT molecular complexity index is 851. The molecule has 0 saturated heterocycles. The smallest absolute Gasteiger partial charge is 0.258 e. The zero-order valence-electron chi connectivity index (χ0n) is 11.0. The molecule has 0 fully saturated rings. The third-order valence-electron chi connectivity index (χ3n) is 4.11. The molecule has 104 valence electrons. The molecule has 2 aromatic rings. The minimum absolute atomic E-state index is 0.336. The first-order valence-corrected chi connectivity index (χ1v) is 6.41. The average molecular weight is 282 g/mol. The third-order valence-corrected chi connectivity index (χ3v) is 4.11. The largest absolute Gasteiger partial charge is 0.369 e. The van der Waals surface area contributed by atoms with Crippen LogP contribution in [-0.2, 0) is 0 Å². The summed E-state index contributed by atoms with van der Waals surface area (Å²) in [5, 5.41) is 13.4. The van der Waals surface area contributed by atoms with Crippen LogP contribution in [0, 0.1) is 0 Å². The van der Waals surface area contributed by atoms with Crippen molar-refractivity contribution in [2.75, 3.05) is 7.05 Å². The van der Waals surface area contributed by atoms with E-state index in [-0.39, 0.29) is 5.91 Å². The van der Waals surface area contributed by atoms with Crippen LogP contribution in [0.15, 0.2) is 24.3 Å². The van der Waals surface area contributed by atoms with Gasteiger partial charge in [0.2, 0.25) is 0 Å². The van der Waals surface area contributed by atoms with Crippen molar-refractivity contribution in [3.05, 3.63) is 46.5 Å². The van der Waals surface area contributed by atoms with Crippen molar-refractivity contribution >= 4 is 28.5 Å². The van der Waals surface area contributed by atoms with E-state index in [2.05, 4.69) is 5.32 Å². The van der Waals surface area contributed by atoms with Crippen LogP contribution in [0.25, 0.3) is 10.8 Å². The van der Waals surface area contributed by atoms with Crippen LogP contribution in [0.3, 0.4) is 0 Å². The maximum absolute atomic E-state index is 12.3. The van der Waals surface area contributed by atoms with Crippen molar-refractivity contribution in [2.24, 2.45) is 0 Å². The summed E-state index contributed by atoms with van der Waals surface area (Å²) < 4.78 is 0. The molecule has 0 spiro atoms. The molecule has 1 unspecified atom stereocenters. The Morgan fingerprint density at radius 2 is 1.52 bits per heavy atom. The fourth-order valence-corrected chi connectivity index (χ4v) is 3.04. The van der Waals surface area contributed by atoms with Gasteiger partial charge in [-0.2, -0.15) is 0 Å². The summed E-state index contributed by atoms with van der Waals surface area (Å²) in [4.78, 5) is 37.4. The minimum Gasteiger partial charge on any atom is -0.369 e. The quantitative estimate of drug-likeness (QED) is 0.700. The van der Waals surface area contributed by atoms with E-state index in [9.17, 15) is 19.5 Å². The van der Waals surface area contributed by atoms with E-state index in [1.54, 1.807) is 18.2 Å². The number of rotatable bonds is 0. The van der Waals surface area contributed by atoms with Crippen LogP contribution in [0.1, 0.15) is 42.9 Å². The van der Waals surface area contributed by atoms with E-state index in [4.69, 9.17) is 0 Å². The lowest BCUT2D eigenvalue weighted by Gasteiger charge is -2.32. The van der Waals surface area contributed by atoms with E-state index < -0.39 is 18.0 Å². The maximum Gasteiger partial charge on any atom is 0.258 e. The number of aliphatic hydroxyl groups excluding tert-OH is 1. The lowest BCUT2D eigenvalue weighted by molar-refractivity contribution is 0.0174. The molecule has 3 amide bonds. The van der Waals surface area contributed by atoms with Gasteiger partial charge in [0.15, 0.2) is 6.23 Å². The summed E-state index contributed by atoms with van der Waals surface area (Å²) in [6.07, 6.45) is -1.09. The Balaban J connectivity index is 2.24. The number of amides is 3. The number of nitrogens with zero attached hydrogens (tertiary/aromatic N) is 1. The van der Waals surface area contributed by atoms with Crippen LogP contribution in [-0.4, -0.2) is 34.8 Å². The first-order valence-electron chi connectivity index (χ1n) is 6.41. The predicted octanol–water partition coefficient (Wildman–Crippen LogP) is 0.800. The molecule has 0 aromatic heterocycles. The molecule has 6 nitrogen and oxygen atoms in total. The van der Waals surface area contributed by atoms with Crippen LogP contribution in [0.2, 0.25) is 0 Å². The number of hydrogen-bond donors (Lipinski definition) is 2. The van der Waals surface area contributed by atoms with Gasteiger partial charge in [-0.25, -0.2) is 0 Å². The van der Waals surface area contributed by atoms with Gasteiger partial charge in [0, 0.05) is 40.1 Å². The van der Waals surface area contributed by atoms with Crippen molar-refractivity contribution in [1.29, 1.82) is 0 Å². The van der Waals surface area contributed by atoms with E-state index in [0.717, 1.165) is 0 Å². The Hall–Kier alpha value is -2.73. The number of imide groups is 1. The Kier molecular flexibility index (Phi) is 2.11. The lowest BCUT2D eigenvalue weighted by Crippen LogP contribution is -2.38. The number of nitrogens with one attached hydrogen (secondary N) is 1. The van der Waals surface area contributed by atoms with Crippen LogP contribution in [0.5, 0.6) is 0 Å². The zero-order chi connectivity index (χ0) is 14.9. The topological polar surface area (TPSA) is 86.7 Å². The van der Waals surface area contributed by atoms with Gasteiger partial charge >= 0.3 is 0 Å². The Morgan fingerprint density at radius 1 is 0.952 bits per heavy atom.